The number of aromatic nitrogens is 1. The van der Waals surface area contributed by atoms with E-state index in [1.165, 1.54) is 17.7 Å². The Kier molecular flexibility index (Phi) is 4.58. The number of halogens is 1. The molecule has 4 heteroatoms. The Morgan fingerprint density at radius 2 is 1.81 bits per heavy atom. The minimum absolute atomic E-state index is 0.0757. The van der Waals surface area contributed by atoms with Gasteiger partial charge in [-0.1, -0.05) is 0 Å². The summed E-state index contributed by atoms with van der Waals surface area (Å²) in [5.74, 6) is 0.609. The third-order valence-corrected chi connectivity index (χ3v) is 3.19. The van der Waals surface area contributed by atoms with Gasteiger partial charge in [0.2, 0.25) is 0 Å². The fourth-order valence-electron chi connectivity index (χ4n) is 1.92. The highest BCUT2D eigenvalue weighted by Crippen LogP contribution is 2.22. The van der Waals surface area contributed by atoms with E-state index in [9.17, 15) is 4.39 Å². The van der Waals surface area contributed by atoms with Crippen LogP contribution < -0.4 is 10.2 Å². The second kappa shape index (κ2) is 6.22. The van der Waals surface area contributed by atoms with Gasteiger partial charge in [0.05, 0.1) is 0 Å². The van der Waals surface area contributed by atoms with Crippen LogP contribution in [0, 0.1) is 5.82 Å². The van der Waals surface area contributed by atoms with E-state index in [0.29, 0.717) is 0 Å². The van der Waals surface area contributed by atoms with Crippen molar-refractivity contribution >= 4 is 11.5 Å². The summed E-state index contributed by atoms with van der Waals surface area (Å²) in [6, 6.07) is 10.4. The molecule has 0 unspecified atom stereocenters. The van der Waals surface area contributed by atoms with E-state index >= 15 is 0 Å². The maximum absolute atomic E-state index is 13.0. The Balaban J connectivity index is 2.14. The van der Waals surface area contributed by atoms with Crippen molar-refractivity contribution in [2.24, 2.45) is 0 Å². The van der Waals surface area contributed by atoms with Crippen LogP contribution in [-0.2, 0) is 6.54 Å². The number of nitrogens with one attached hydrogen (secondary N) is 1. The number of hydrogen-bond acceptors (Lipinski definition) is 3. The summed E-state index contributed by atoms with van der Waals surface area (Å²) in [7, 11) is 1.93. The predicted octanol–water partition coefficient (Wildman–Crippen LogP) is 3.88. The van der Waals surface area contributed by atoms with Gasteiger partial charge >= 0.3 is 0 Å². The van der Waals surface area contributed by atoms with Gasteiger partial charge in [0, 0.05) is 31.0 Å². The zero-order chi connectivity index (χ0) is 15.5. The molecule has 0 fully saturated rings. The first kappa shape index (κ1) is 15.4. The number of hydrogen-bond donors (Lipinski definition) is 1. The van der Waals surface area contributed by atoms with Crippen LogP contribution in [-0.4, -0.2) is 17.6 Å². The molecular weight excluding hydrogens is 265 g/mol. The SMILES string of the molecule is CN(c1ccc(F)cc1)c1cc(CNC(C)(C)C)ccn1. The van der Waals surface area contributed by atoms with E-state index < -0.39 is 0 Å². The van der Waals surface area contributed by atoms with Crippen LogP contribution in [0.15, 0.2) is 42.6 Å². The van der Waals surface area contributed by atoms with Crippen molar-refractivity contribution in [2.45, 2.75) is 32.9 Å². The molecule has 0 atom stereocenters. The Morgan fingerprint density at radius 1 is 1.14 bits per heavy atom. The third kappa shape index (κ3) is 4.53. The number of benzene rings is 1. The molecule has 21 heavy (non-hydrogen) atoms. The monoisotopic (exact) mass is 287 g/mol. The fraction of sp³-hybridized carbons (Fsp3) is 0.353. The van der Waals surface area contributed by atoms with Gasteiger partial charge in [-0.05, 0) is 62.7 Å². The molecule has 0 amide bonds. The third-order valence-electron chi connectivity index (χ3n) is 3.19. The smallest absolute Gasteiger partial charge is 0.132 e. The second-order valence-corrected chi connectivity index (χ2v) is 6.16. The lowest BCUT2D eigenvalue weighted by atomic mass is 10.1. The summed E-state index contributed by atoms with van der Waals surface area (Å²) in [5, 5.41) is 3.46. The molecule has 0 aliphatic heterocycles. The van der Waals surface area contributed by atoms with Gasteiger partial charge in [-0.25, -0.2) is 9.37 Å². The molecule has 0 bridgehead atoms. The Hall–Kier alpha value is -1.94. The number of rotatable bonds is 4. The maximum atomic E-state index is 13.0. The molecule has 1 aromatic heterocycles. The topological polar surface area (TPSA) is 28.2 Å². The molecule has 0 spiro atoms. The molecule has 1 aromatic carbocycles. The standard InChI is InChI=1S/C17H22FN3/c1-17(2,3)20-12-13-9-10-19-16(11-13)21(4)15-7-5-14(18)6-8-15/h5-11,20H,12H2,1-4H3. The van der Waals surface area contributed by atoms with E-state index in [4.69, 9.17) is 0 Å². The van der Waals surface area contributed by atoms with Crippen LogP contribution in [0.2, 0.25) is 0 Å². The Labute approximate surface area is 125 Å². The van der Waals surface area contributed by atoms with Crippen LogP contribution >= 0.6 is 0 Å². The first-order chi connectivity index (χ1) is 9.85. The van der Waals surface area contributed by atoms with Crippen molar-refractivity contribution < 1.29 is 4.39 Å². The van der Waals surface area contributed by atoms with Crippen LogP contribution in [0.4, 0.5) is 15.9 Å². The van der Waals surface area contributed by atoms with E-state index in [1.54, 1.807) is 18.3 Å². The highest BCUT2D eigenvalue weighted by molar-refractivity contribution is 5.59. The van der Waals surface area contributed by atoms with Crippen LogP contribution in [0.3, 0.4) is 0 Å². The Morgan fingerprint density at radius 3 is 2.43 bits per heavy atom. The van der Waals surface area contributed by atoms with E-state index in [2.05, 4.69) is 31.1 Å². The lowest BCUT2D eigenvalue weighted by Gasteiger charge is -2.22. The minimum atomic E-state index is -0.233. The molecule has 3 nitrogen and oxygen atoms in total. The van der Waals surface area contributed by atoms with Crippen molar-refractivity contribution in [2.75, 3.05) is 11.9 Å². The van der Waals surface area contributed by atoms with Gasteiger partial charge in [-0.3, -0.25) is 0 Å². The average Bonchev–Trinajstić information content (AvgIpc) is 2.45. The van der Waals surface area contributed by atoms with Crippen molar-refractivity contribution in [1.82, 2.24) is 10.3 Å². The lowest BCUT2D eigenvalue weighted by molar-refractivity contribution is 0.424. The summed E-state index contributed by atoms with van der Waals surface area (Å²) in [6.45, 7) is 7.20. The van der Waals surface area contributed by atoms with Crippen molar-refractivity contribution in [3.8, 4) is 0 Å². The summed E-state index contributed by atoms with van der Waals surface area (Å²) in [6.07, 6.45) is 1.80. The molecule has 0 radical (unpaired) electrons. The predicted molar refractivity (Wildman–Crippen MR) is 85.3 cm³/mol. The van der Waals surface area contributed by atoms with Crippen molar-refractivity contribution in [3.63, 3.8) is 0 Å². The summed E-state index contributed by atoms with van der Waals surface area (Å²) >= 11 is 0. The van der Waals surface area contributed by atoms with Gasteiger partial charge in [-0.2, -0.15) is 0 Å². The van der Waals surface area contributed by atoms with Crippen molar-refractivity contribution in [1.29, 1.82) is 0 Å². The average molecular weight is 287 g/mol. The van der Waals surface area contributed by atoms with Crippen LogP contribution in [0.1, 0.15) is 26.3 Å². The molecule has 112 valence electrons. The van der Waals surface area contributed by atoms with E-state index in [1.807, 2.05) is 24.1 Å². The van der Waals surface area contributed by atoms with Gasteiger partial charge in [-0.15, -0.1) is 0 Å². The number of anilines is 2. The zero-order valence-corrected chi connectivity index (χ0v) is 13.0. The van der Waals surface area contributed by atoms with Gasteiger partial charge in [0.25, 0.3) is 0 Å². The first-order valence-electron chi connectivity index (χ1n) is 7.04. The molecule has 1 heterocycles. The zero-order valence-electron chi connectivity index (χ0n) is 13.0. The van der Waals surface area contributed by atoms with Gasteiger partial charge < -0.3 is 10.2 Å². The highest BCUT2D eigenvalue weighted by Gasteiger charge is 2.10. The normalized spacial score (nSPS) is 11.5. The molecule has 2 rings (SSSR count). The molecule has 0 saturated carbocycles. The molecule has 2 aromatic rings. The van der Waals surface area contributed by atoms with Crippen LogP contribution in [0.25, 0.3) is 0 Å². The largest absolute Gasteiger partial charge is 0.329 e. The molecular formula is C17H22FN3. The molecule has 1 N–H and O–H groups in total. The lowest BCUT2D eigenvalue weighted by Crippen LogP contribution is -2.35. The van der Waals surface area contributed by atoms with E-state index in [0.717, 1.165) is 18.1 Å². The molecule has 0 aliphatic rings. The molecule has 0 aliphatic carbocycles. The highest BCUT2D eigenvalue weighted by atomic mass is 19.1. The quantitative estimate of drug-likeness (QED) is 0.925. The summed E-state index contributed by atoms with van der Waals surface area (Å²) < 4.78 is 13.0. The number of nitrogens with zero attached hydrogens (tertiary/aromatic N) is 2. The maximum Gasteiger partial charge on any atom is 0.132 e. The number of pyridine rings is 1. The van der Waals surface area contributed by atoms with Crippen molar-refractivity contribution in [3.05, 3.63) is 54.0 Å². The minimum Gasteiger partial charge on any atom is -0.329 e. The van der Waals surface area contributed by atoms with Gasteiger partial charge in [0.1, 0.15) is 11.6 Å². The first-order valence-corrected chi connectivity index (χ1v) is 7.04. The van der Waals surface area contributed by atoms with Crippen LogP contribution in [0.5, 0.6) is 0 Å². The summed E-state index contributed by atoms with van der Waals surface area (Å²) in [4.78, 5) is 6.33. The fourth-order valence-corrected chi connectivity index (χ4v) is 1.92. The van der Waals surface area contributed by atoms with Gasteiger partial charge in [0.15, 0.2) is 0 Å². The molecule has 0 saturated heterocycles. The van der Waals surface area contributed by atoms with E-state index in [-0.39, 0.29) is 11.4 Å². The Bertz CT molecular complexity index is 588. The second-order valence-electron chi connectivity index (χ2n) is 6.16. The summed E-state index contributed by atoms with van der Waals surface area (Å²) in [5.41, 5.74) is 2.15.